The summed E-state index contributed by atoms with van der Waals surface area (Å²) in [6.45, 7) is 0.886. The molecule has 7 nitrogen and oxygen atoms in total. The van der Waals surface area contributed by atoms with E-state index in [1.54, 1.807) is 18.0 Å². The van der Waals surface area contributed by atoms with Gasteiger partial charge in [-0.1, -0.05) is 0 Å². The molecule has 0 atom stereocenters. The van der Waals surface area contributed by atoms with Crippen molar-refractivity contribution < 1.29 is 9.47 Å². The predicted molar refractivity (Wildman–Crippen MR) is 58.1 cm³/mol. The molecule has 86 valence electrons. The molecule has 0 spiro atoms. The van der Waals surface area contributed by atoms with E-state index in [0.717, 1.165) is 0 Å². The SMILES string of the molecule is COCCOc1nc(N)nc2c1ncn2C. The summed E-state index contributed by atoms with van der Waals surface area (Å²) in [5.41, 5.74) is 6.84. The normalized spacial score (nSPS) is 10.9. The number of aryl methyl sites for hydroxylation is 1. The minimum Gasteiger partial charge on any atom is -0.474 e. The molecular formula is C9H13N5O2. The third-order valence-electron chi connectivity index (χ3n) is 2.07. The van der Waals surface area contributed by atoms with Gasteiger partial charge >= 0.3 is 0 Å². The summed E-state index contributed by atoms with van der Waals surface area (Å²) in [5, 5.41) is 0. The van der Waals surface area contributed by atoms with E-state index < -0.39 is 0 Å². The summed E-state index contributed by atoms with van der Waals surface area (Å²) >= 11 is 0. The summed E-state index contributed by atoms with van der Waals surface area (Å²) in [6.07, 6.45) is 1.64. The fraction of sp³-hybridized carbons (Fsp3) is 0.444. The smallest absolute Gasteiger partial charge is 0.247 e. The first-order chi connectivity index (χ1) is 7.72. The third-order valence-corrected chi connectivity index (χ3v) is 2.07. The van der Waals surface area contributed by atoms with Crippen molar-refractivity contribution in [2.75, 3.05) is 26.1 Å². The summed E-state index contributed by atoms with van der Waals surface area (Å²) in [6, 6.07) is 0. The minimum atomic E-state index is 0.170. The molecule has 2 aromatic rings. The highest BCUT2D eigenvalue weighted by Gasteiger charge is 2.11. The van der Waals surface area contributed by atoms with Gasteiger partial charge in [0.15, 0.2) is 11.2 Å². The second-order valence-corrected chi connectivity index (χ2v) is 3.26. The van der Waals surface area contributed by atoms with E-state index in [-0.39, 0.29) is 5.95 Å². The zero-order chi connectivity index (χ0) is 11.5. The van der Waals surface area contributed by atoms with Crippen LogP contribution in [-0.4, -0.2) is 39.8 Å². The molecule has 2 heterocycles. The number of rotatable bonds is 4. The van der Waals surface area contributed by atoms with Crippen LogP contribution in [-0.2, 0) is 11.8 Å². The number of nitrogens with zero attached hydrogens (tertiary/aromatic N) is 4. The first kappa shape index (κ1) is 10.6. The number of nitrogens with two attached hydrogens (primary N) is 1. The number of ether oxygens (including phenoxy) is 2. The molecule has 0 aliphatic rings. The lowest BCUT2D eigenvalue weighted by Gasteiger charge is -2.05. The molecule has 0 saturated heterocycles. The Kier molecular flexibility index (Phi) is 2.86. The molecule has 0 saturated carbocycles. The highest BCUT2D eigenvalue weighted by molar-refractivity contribution is 5.77. The molecule has 2 rings (SSSR count). The maximum atomic E-state index is 5.58. The van der Waals surface area contributed by atoms with E-state index in [4.69, 9.17) is 15.2 Å². The van der Waals surface area contributed by atoms with E-state index in [2.05, 4.69) is 15.0 Å². The zero-order valence-electron chi connectivity index (χ0n) is 9.17. The highest BCUT2D eigenvalue weighted by atomic mass is 16.5. The molecule has 0 bridgehead atoms. The summed E-state index contributed by atoms with van der Waals surface area (Å²) < 4.78 is 12.1. The lowest BCUT2D eigenvalue weighted by Crippen LogP contribution is -2.07. The molecule has 0 aliphatic heterocycles. The van der Waals surface area contributed by atoms with Crippen LogP contribution in [0.25, 0.3) is 11.2 Å². The largest absolute Gasteiger partial charge is 0.474 e. The molecule has 7 heteroatoms. The Balaban J connectivity index is 2.35. The van der Waals surface area contributed by atoms with Crippen molar-refractivity contribution in [2.45, 2.75) is 0 Å². The van der Waals surface area contributed by atoms with Crippen LogP contribution < -0.4 is 10.5 Å². The van der Waals surface area contributed by atoms with Gasteiger partial charge in [0.25, 0.3) is 0 Å². The van der Waals surface area contributed by atoms with E-state index in [1.165, 1.54) is 0 Å². The first-order valence-corrected chi connectivity index (χ1v) is 4.78. The number of imidazole rings is 1. The van der Waals surface area contributed by atoms with E-state index in [1.807, 2.05) is 7.05 Å². The number of nitrogen functional groups attached to an aromatic ring is 1. The summed E-state index contributed by atoms with van der Waals surface area (Å²) in [7, 11) is 3.44. The van der Waals surface area contributed by atoms with Gasteiger partial charge in [0, 0.05) is 14.2 Å². The fourth-order valence-corrected chi connectivity index (χ4v) is 1.32. The Labute approximate surface area is 92.2 Å². The highest BCUT2D eigenvalue weighted by Crippen LogP contribution is 2.20. The first-order valence-electron chi connectivity index (χ1n) is 4.78. The summed E-state index contributed by atoms with van der Waals surface area (Å²) in [5.74, 6) is 0.559. The average molecular weight is 223 g/mol. The number of aromatic nitrogens is 4. The number of fused-ring (bicyclic) bond motifs is 1. The van der Waals surface area contributed by atoms with Gasteiger partial charge in [0.1, 0.15) is 6.61 Å². The van der Waals surface area contributed by atoms with Gasteiger partial charge in [-0.2, -0.15) is 9.97 Å². The molecule has 0 aliphatic carbocycles. The van der Waals surface area contributed by atoms with Crippen LogP contribution in [0.3, 0.4) is 0 Å². The van der Waals surface area contributed by atoms with Crippen LogP contribution in [0.5, 0.6) is 5.88 Å². The Morgan fingerprint density at radius 2 is 2.19 bits per heavy atom. The van der Waals surface area contributed by atoms with Crippen LogP contribution in [0.4, 0.5) is 5.95 Å². The van der Waals surface area contributed by atoms with Crippen molar-refractivity contribution >= 4 is 17.1 Å². The van der Waals surface area contributed by atoms with Crippen molar-refractivity contribution in [3.63, 3.8) is 0 Å². The van der Waals surface area contributed by atoms with Crippen LogP contribution in [0.1, 0.15) is 0 Å². The third kappa shape index (κ3) is 1.89. The van der Waals surface area contributed by atoms with E-state index in [0.29, 0.717) is 30.3 Å². The number of hydrogen-bond donors (Lipinski definition) is 1. The lowest BCUT2D eigenvalue weighted by atomic mass is 10.5. The van der Waals surface area contributed by atoms with Crippen LogP contribution >= 0.6 is 0 Å². The monoisotopic (exact) mass is 223 g/mol. The van der Waals surface area contributed by atoms with Gasteiger partial charge in [0.05, 0.1) is 12.9 Å². The maximum Gasteiger partial charge on any atom is 0.247 e. The maximum absolute atomic E-state index is 5.58. The quantitative estimate of drug-likeness (QED) is 0.732. The number of methoxy groups -OCH3 is 1. The standard InChI is InChI=1S/C9H13N5O2/c1-14-5-11-6-7(14)12-9(10)13-8(6)16-4-3-15-2/h5H,3-4H2,1-2H3,(H2,10,12,13). The zero-order valence-corrected chi connectivity index (χ0v) is 9.17. The Hall–Kier alpha value is -1.89. The van der Waals surface area contributed by atoms with Crippen LogP contribution in [0, 0.1) is 0 Å². The van der Waals surface area contributed by atoms with Crippen LogP contribution in [0.15, 0.2) is 6.33 Å². The predicted octanol–water partition coefficient (Wildman–Crippen LogP) is -0.0293. The van der Waals surface area contributed by atoms with Gasteiger partial charge in [-0.25, -0.2) is 4.98 Å². The molecule has 2 aromatic heterocycles. The molecule has 2 N–H and O–H groups in total. The van der Waals surface area contributed by atoms with Gasteiger partial charge in [0.2, 0.25) is 11.8 Å². The van der Waals surface area contributed by atoms with Crippen molar-refractivity contribution in [1.82, 2.24) is 19.5 Å². The van der Waals surface area contributed by atoms with Crippen molar-refractivity contribution in [3.05, 3.63) is 6.33 Å². The fourth-order valence-electron chi connectivity index (χ4n) is 1.32. The topological polar surface area (TPSA) is 88.1 Å². The van der Waals surface area contributed by atoms with Gasteiger partial charge in [-0.3, -0.25) is 0 Å². The summed E-state index contributed by atoms with van der Waals surface area (Å²) in [4.78, 5) is 12.2. The van der Waals surface area contributed by atoms with Crippen molar-refractivity contribution in [2.24, 2.45) is 7.05 Å². The van der Waals surface area contributed by atoms with Gasteiger partial charge in [-0.05, 0) is 0 Å². The molecule has 0 amide bonds. The van der Waals surface area contributed by atoms with Gasteiger partial charge < -0.3 is 19.8 Å². The molecule has 0 unspecified atom stereocenters. The van der Waals surface area contributed by atoms with E-state index >= 15 is 0 Å². The van der Waals surface area contributed by atoms with Crippen LogP contribution in [0.2, 0.25) is 0 Å². The molecule has 0 radical (unpaired) electrons. The minimum absolute atomic E-state index is 0.170. The second kappa shape index (κ2) is 4.31. The number of hydrogen-bond acceptors (Lipinski definition) is 6. The Bertz CT molecular complexity index is 496. The molecular weight excluding hydrogens is 210 g/mol. The average Bonchev–Trinajstić information content (AvgIpc) is 2.61. The van der Waals surface area contributed by atoms with E-state index in [9.17, 15) is 0 Å². The Morgan fingerprint density at radius 1 is 1.38 bits per heavy atom. The molecule has 0 aromatic carbocycles. The van der Waals surface area contributed by atoms with Gasteiger partial charge in [-0.15, -0.1) is 0 Å². The van der Waals surface area contributed by atoms with Crippen molar-refractivity contribution in [1.29, 1.82) is 0 Å². The van der Waals surface area contributed by atoms with Crippen molar-refractivity contribution in [3.8, 4) is 5.88 Å². The Morgan fingerprint density at radius 3 is 2.94 bits per heavy atom. The molecule has 0 fully saturated rings. The molecule has 16 heavy (non-hydrogen) atoms. The second-order valence-electron chi connectivity index (χ2n) is 3.26. The lowest BCUT2D eigenvalue weighted by molar-refractivity contribution is 0.144. The number of anilines is 1.